The van der Waals surface area contributed by atoms with Crippen molar-refractivity contribution in [2.75, 3.05) is 32.9 Å². The highest BCUT2D eigenvalue weighted by Crippen LogP contribution is 2.22. The van der Waals surface area contributed by atoms with E-state index in [9.17, 15) is 15.3 Å². The molecule has 6 nitrogen and oxygen atoms in total. The molecular formula is C24H34INO5. The molecule has 7 heteroatoms. The van der Waals surface area contributed by atoms with Crippen LogP contribution in [-0.4, -0.2) is 48.2 Å². The molecule has 0 bridgehead atoms. The standard InChI is InChI=1S/C24H34INO5/c25-22-7-5-6-19(14-22)18-31-13-12-30-11-4-2-1-3-10-26-16-24(29)20-8-9-23(28)21(15-20)17-27/h5-9,14-15,24,26-29H,1-4,10-13,16-18H2. The zero-order valence-electron chi connectivity index (χ0n) is 17.9. The number of benzene rings is 2. The molecule has 0 radical (unpaired) electrons. The van der Waals surface area contributed by atoms with E-state index in [1.807, 2.05) is 6.07 Å². The summed E-state index contributed by atoms with van der Waals surface area (Å²) in [5, 5.41) is 32.2. The van der Waals surface area contributed by atoms with E-state index in [0.29, 0.717) is 37.5 Å². The van der Waals surface area contributed by atoms with Crippen LogP contribution < -0.4 is 5.32 Å². The van der Waals surface area contributed by atoms with Gasteiger partial charge < -0.3 is 30.1 Å². The van der Waals surface area contributed by atoms with Gasteiger partial charge in [0.2, 0.25) is 0 Å². The van der Waals surface area contributed by atoms with Gasteiger partial charge in [-0.2, -0.15) is 0 Å². The third-order valence-electron chi connectivity index (χ3n) is 4.92. The Morgan fingerprint density at radius 1 is 0.935 bits per heavy atom. The van der Waals surface area contributed by atoms with Gasteiger partial charge in [-0.15, -0.1) is 0 Å². The average Bonchev–Trinajstić information content (AvgIpc) is 2.77. The molecule has 2 aromatic carbocycles. The van der Waals surface area contributed by atoms with Crippen LogP contribution in [0.2, 0.25) is 0 Å². The van der Waals surface area contributed by atoms with Crippen LogP contribution in [0, 0.1) is 3.57 Å². The minimum Gasteiger partial charge on any atom is -0.508 e. The number of aromatic hydroxyl groups is 1. The number of hydrogen-bond acceptors (Lipinski definition) is 6. The molecule has 1 atom stereocenters. The van der Waals surface area contributed by atoms with Gasteiger partial charge in [0.1, 0.15) is 5.75 Å². The van der Waals surface area contributed by atoms with E-state index in [1.165, 1.54) is 15.2 Å². The lowest BCUT2D eigenvalue weighted by atomic mass is 10.1. The molecule has 0 aliphatic rings. The fourth-order valence-corrected chi connectivity index (χ4v) is 3.75. The van der Waals surface area contributed by atoms with Crippen molar-refractivity contribution in [2.24, 2.45) is 0 Å². The lowest BCUT2D eigenvalue weighted by molar-refractivity contribution is 0.0392. The maximum Gasteiger partial charge on any atom is 0.121 e. The van der Waals surface area contributed by atoms with E-state index < -0.39 is 6.10 Å². The predicted octanol–water partition coefficient (Wildman–Crippen LogP) is 3.91. The number of hydrogen-bond donors (Lipinski definition) is 4. The smallest absolute Gasteiger partial charge is 0.121 e. The molecule has 0 saturated carbocycles. The lowest BCUT2D eigenvalue weighted by Crippen LogP contribution is -2.22. The first kappa shape index (κ1) is 26.0. The zero-order chi connectivity index (χ0) is 22.3. The maximum atomic E-state index is 10.2. The van der Waals surface area contributed by atoms with Crippen LogP contribution in [0.3, 0.4) is 0 Å². The Kier molecular flexibility index (Phi) is 13.1. The molecule has 1 unspecified atom stereocenters. The Bertz CT molecular complexity index is 758. The van der Waals surface area contributed by atoms with Crippen molar-refractivity contribution in [1.29, 1.82) is 0 Å². The third-order valence-corrected chi connectivity index (χ3v) is 5.59. The van der Waals surface area contributed by atoms with E-state index >= 15 is 0 Å². The van der Waals surface area contributed by atoms with Gasteiger partial charge in [0.15, 0.2) is 0 Å². The fourth-order valence-electron chi connectivity index (χ4n) is 3.14. The van der Waals surface area contributed by atoms with Crippen LogP contribution in [0.15, 0.2) is 42.5 Å². The number of aliphatic hydroxyl groups is 2. The van der Waals surface area contributed by atoms with Gasteiger partial charge in [-0.25, -0.2) is 0 Å². The van der Waals surface area contributed by atoms with Gasteiger partial charge in [-0.3, -0.25) is 0 Å². The number of halogens is 1. The zero-order valence-corrected chi connectivity index (χ0v) is 20.1. The van der Waals surface area contributed by atoms with Gasteiger partial charge in [0.05, 0.1) is 32.5 Å². The van der Waals surface area contributed by atoms with Crippen molar-refractivity contribution in [3.8, 4) is 5.75 Å². The first-order valence-corrected chi connectivity index (χ1v) is 11.9. The lowest BCUT2D eigenvalue weighted by Gasteiger charge is -2.14. The van der Waals surface area contributed by atoms with Crippen molar-refractivity contribution in [3.63, 3.8) is 0 Å². The second-order valence-corrected chi connectivity index (χ2v) is 8.72. The number of ether oxygens (including phenoxy) is 2. The van der Waals surface area contributed by atoms with Crippen LogP contribution >= 0.6 is 22.6 Å². The molecule has 0 fully saturated rings. The Labute approximate surface area is 198 Å². The molecule has 0 amide bonds. The molecule has 0 aliphatic carbocycles. The summed E-state index contributed by atoms with van der Waals surface area (Å²) in [5.74, 6) is 0.0462. The minimum absolute atomic E-state index is 0.0462. The van der Waals surface area contributed by atoms with Gasteiger partial charge in [-0.05, 0) is 77.4 Å². The first-order valence-electron chi connectivity index (χ1n) is 10.8. The Morgan fingerprint density at radius 3 is 2.55 bits per heavy atom. The topological polar surface area (TPSA) is 91.2 Å². The highest BCUT2D eigenvalue weighted by Gasteiger charge is 2.09. The Hall–Kier alpha value is -1.23. The SMILES string of the molecule is OCc1cc(C(O)CNCCCCCCOCCOCc2cccc(I)c2)ccc1O. The summed E-state index contributed by atoms with van der Waals surface area (Å²) in [7, 11) is 0. The molecule has 0 aromatic heterocycles. The first-order chi connectivity index (χ1) is 15.1. The summed E-state index contributed by atoms with van der Waals surface area (Å²) < 4.78 is 12.5. The van der Waals surface area contributed by atoms with E-state index in [1.54, 1.807) is 12.1 Å². The molecule has 0 heterocycles. The van der Waals surface area contributed by atoms with Gasteiger partial charge in [0, 0.05) is 22.3 Å². The largest absolute Gasteiger partial charge is 0.508 e. The van der Waals surface area contributed by atoms with Crippen LogP contribution in [0.1, 0.15) is 48.5 Å². The summed E-state index contributed by atoms with van der Waals surface area (Å²) in [5.41, 5.74) is 2.30. The Balaban J connectivity index is 1.39. The van der Waals surface area contributed by atoms with Gasteiger partial charge in [0.25, 0.3) is 0 Å². The molecule has 172 valence electrons. The van der Waals surface area contributed by atoms with Crippen molar-refractivity contribution in [1.82, 2.24) is 5.32 Å². The summed E-state index contributed by atoms with van der Waals surface area (Å²) in [6, 6.07) is 13.1. The highest BCUT2D eigenvalue weighted by molar-refractivity contribution is 14.1. The van der Waals surface area contributed by atoms with Crippen molar-refractivity contribution in [3.05, 3.63) is 62.7 Å². The van der Waals surface area contributed by atoms with E-state index in [2.05, 4.69) is 46.1 Å². The molecule has 2 rings (SSSR count). The normalized spacial score (nSPS) is 12.2. The predicted molar refractivity (Wildman–Crippen MR) is 130 cm³/mol. The van der Waals surface area contributed by atoms with Gasteiger partial charge in [-0.1, -0.05) is 31.0 Å². The van der Waals surface area contributed by atoms with E-state index in [4.69, 9.17) is 9.47 Å². The third kappa shape index (κ3) is 10.8. The van der Waals surface area contributed by atoms with Crippen molar-refractivity contribution < 1.29 is 24.8 Å². The number of nitrogens with one attached hydrogen (secondary N) is 1. The van der Waals surface area contributed by atoms with E-state index in [0.717, 1.165) is 38.8 Å². The molecule has 0 aliphatic heterocycles. The summed E-state index contributed by atoms with van der Waals surface area (Å²) >= 11 is 2.30. The minimum atomic E-state index is -0.660. The molecule has 2 aromatic rings. The molecule has 0 spiro atoms. The number of aliphatic hydroxyl groups excluding tert-OH is 2. The fraction of sp³-hybridized carbons (Fsp3) is 0.500. The number of unbranched alkanes of at least 4 members (excludes halogenated alkanes) is 3. The van der Waals surface area contributed by atoms with Crippen molar-refractivity contribution >= 4 is 22.6 Å². The molecular weight excluding hydrogens is 509 g/mol. The van der Waals surface area contributed by atoms with E-state index in [-0.39, 0.29) is 12.4 Å². The van der Waals surface area contributed by atoms with Crippen LogP contribution in [0.25, 0.3) is 0 Å². The van der Waals surface area contributed by atoms with Crippen LogP contribution in [0.5, 0.6) is 5.75 Å². The molecule has 4 N–H and O–H groups in total. The van der Waals surface area contributed by atoms with Gasteiger partial charge >= 0.3 is 0 Å². The highest BCUT2D eigenvalue weighted by atomic mass is 127. The Morgan fingerprint density at radius 2 is 1.74 bits per heavy atom. The summed E-state index contributed by atoms with van der Waals surface area (Å²) in [6.45, 7) is 3.65. The summed E-state index contributed by atoms with van der Waals surface area (Å²) in [6.07, 6.45) is 3.65. The molecule has 31 heavy (non-hydrogen) atoms. The maximum absolute atomic E-state index is 10.2. The number of rotatable bonds is 16. The average molecular weight is 543 g/mol. The second kappa shape index (κ2) is 15.6. The van der Waals surface area contributed by atoms with Crippen LogP contribution in [0.4, 0.5) is 0 Å². The monoisotopic (exact) mass is 543 g/mol. The number of phenols is 1. The van der Waals surface area contributed by atoms with Crippen molar-refractivity contribution in [2.45, 2.75) is 45.0 Å². The van der Waals surface area contributed by atoms with Crippen LogP contribution in [-0.2, 0) is 22.7 Å². The second-order valence-electron chi connectivity index (χ2n) is 7.48. The quantitative estimate of drug-likeness (QED) is 0.190. The molecule has 0 saturated heterocycles. The summed E-state index contributed by atoms with van der Waals surface area (Å²) in [4.78, 5) is 0.